The number of carbonyl (C=O) groups excluding carboxylic acids is 1. The molecule has 0 fully saturated rings. The van der Waals surface area contributed by atoms with Gasteiger partial charge in [-0.1, -0.05) is 12.1 Å². The number of amides is 1. The van der Waals surface area contributed by atoms with Crippen molar-refractivity contribution in [3.63, 3.8) is 0 Å². The van der Waals surface area contributed by atoms with E-state index in [-0.39, 0.29) is 13.1 Å². The van der Waals surface area contributed by atoms with Gasteiger partial charge in [0.1, 0.15) is 5.75 Å². The van der Waals surface area contributed by atoms with Crippen LogP contribution in [-0.4, -0.2) is 36.2 Å². The lowest BCUT2D eigenvalue weighted by Gasteiger charge is -2.32. The van der Waals surface area contributed by atoms with Crippen molar-refractivity contribution in [3.8, 4) is 5.75 Å². The van der Waals surface area contributed by atoms with Gasteiger partial charge < -0.3 is 15.4 Å². The zero-order chi connectivity index (χ0) is 16.3. The molecule has 0 saturated carbocycles. The van der Waals surface area contributed by atoms with Gasteiger partial charge in [0.05, 0.1) is 7.11 Å². The molecule has 0 heterocycles. The minimum Gasteiger partial charge on any atom is -0.497 e. The summed E-state index contributed by atoms with van der Waals surface area (Å²) in [5.41, 5.74) is 2.98. The predicted molar refractivity (Wildman–Crippen MR) is 72.7 cm³/mol. The Labute approximate surface area is 121 Å². The van der Waals surface area contributed by atoms with E-state index in [9.17, 15) is 18.0 Å². The Hall–Kier alpha value is -1.76. The van der Waals surface area contributed by atoms with Gasteiger partial charge >= 0.3 is 6.18 Å². The molecule has 1 aromatic carbocycles. The fourth-order valence-electron chi connectivity index (χ4n) is 1.73. The molecule has 0 radical (unpaired) electrons. The highest BCUT2D eigenvalue weighted by Gasteiger charge is 2.55. The van der Waals surface area contributed by atoms with Crippen molar-refractivity contribution in [2.75, 3.05) is 13.7 Å². The predicted octanol–water partition coefficient (Wildman–Crippen LogP) is 2.32. The lowest BCUT2D eigenvalue weighted by molar-refractivity contribution is -0.194. The second-order valence-electron chi connectivity index (χ2n) is 4.87. The number of nitrogens with zero attached hydrogens (tertiary/aromatic N) is 1. The molecule has 7 heteroatoms. The summed E-state index contributed by atoms with van der Waals surface area (Å²) in [7, 11) is 1.51. The molecule has 0 aliphatic carbocycles. The van der Waals surface area contributed by atoms with E-state index in [1.807, 2.05) is 0 Å². The van der Waals surface area contributed by atoms with Gasteiger partial charge in [0.25, 0.3) is 5.91 Å². The maximum atomic E-state index is 12.8. The third-order valence-corrected chi connectivity index (χ3v) is 3.23. The van der Waals surface area contributed by atoms with Gasteiger partial charge in [0.2, 0.25) is 0 Å². The first-order chi connectivity index (χ1) is 9.63. The van der Waals surface area contributed by atoms with Gasteiger partial charge in [0.15, 0.2) is 5.54 Å². The van der Waals surface area contributed by atoms with Gasteiger partial charge in [-0.15, -0.1) is 0 Å². The topological polar surface area (TPSA) is 55.6 Å². The lowest BCUT2D eigenvalue weighted by Crippen LogP contribution is -2.62. The molecule has 0 aliphatic rings. The number of benzene rings is 1. The second-order valence-corrected chi connectivity index (χ2v) is 4.87. The molecule has 118 valence electrons. The van der Waals surface area contributed by atoms with Crippen molar-refractivity contribution in [1.29, 1.82) is 0 Å². The Morgan fingerprint density at radius 2 is 1.81 bits per heavy atom. The van der Waals surface area contributed by atoms with Crippen LogP contribution in [0.5, 0.6) is 5.75 Å². The number of halogens is 3. The summed E-state index contributed by atoms with van der Waals surface area (Å²) in [6.45, 7) is 2.48. The maximum absolute atomic E-state index is 12.8. The summed E-state index contributed by atoms with van der Waals surface area (Å²) in [5.74, 6) is -0.514. The van der Waals surface area contributed by atoms with E-state index in [2.05, 4.69) is 0 Å². The number of hydrogen-bond donors (Lipinski definition) is 1. The minimum absolute atomic E-state index is 0.0577. The molecule has 1 aromatic rings. The lowest BCUT2D eigenvalue weighted by atomic mass is 10.0. The van der Waals surface area contributed by atoms with Crippen LogP contribution in [0.3, 0.4) is 0 Å². The molecule has 0 spiro atoms. The monoisotopic (exact) mass is 304 g/mol. The van der Waals surface area contributed by atoms with E-state index >= 15 is 0 Å². The van der Waals surface area contributed by atoms with Crippen LogP contribution in [0.15, 0.2) is 24.3 Å². The standard InChI is InChI=1S/C14H19F3N2O2/c1-4-19(12(20)13(2,18)14(15,16)17)9-10-5-7-11(21-3)8-6-10/h5-8H,4,9,18H2,1-3H3. The van der Waals surface area contributed by atoms with E-state index in [4.69, 9.17) is 10.5 Å². The number of carbonyl (C=O) groups is 1. The first kappa shape index (κ1) is 17.3. The number of likely N-dealkylation sites (N-methyl/N-ethyl adjacent to an activating group) is 1. The van der Waals surface area contributed by atoms with Crippen molar-refractivity contribution >= 4 is 5.91 Å². The van der Waals surface area contributed by atoms with E-state index in [0.717, 1.165) is 4.90 Å². The molecule has 0 bridgehead atoms. The highest BCUT2D eigenvalue weighted by atomic mass is 19.4. The quantitative estimate of drug-likeness (QED) is 0.908. The van der Waals surface area contributed by atoms with Crippen LogP contribution < -0.4 is 10.5 Å². The van der Waals surface area contributed by atoms with E-state index < -0.39 is 17.6 Å². The fourth-order valence-corrected chi connectivity index (χ4v) is 1.73. The van der Waals surface area contributed by atoms with Crippen molar-refractivity contribution in [2.45, 2.75) is 32.1 Å². The number of nitrogens with two attached hydrogens (primary N) is 1. The fraction of sp³-hybridized carbons (Fsp3) is 0.500. The molecule has 0 aliphatic heterocycles. The van der Waals surface area contributed by atoms with Crippen molar-refractivity contribution < 1.29 is 22.7 Å². The molecule has 1 rings (SSSR count). The molecular formula is C14H19F3N2O2. The highest BCUT2D eigenvalue weighted by molar-refractivity contribution is 5.86. The largest absolute Gasteiger partial charge is 0.497 e. The SMILES string of the molecule is CCN(Cc1ccc(OC)cc1)C(=O)C(C)(N)C(F)(F)F. The normalized spacial score (nSPS) is 14.4. The van der Waals surface area contributed by atoms with Gasteiger partial charge in [-0.25, -0.2) is 0 Å². The average Bonchev–Trinajstić information content (AvgIpc) is 2.43. The van der Waals surface area contributed by atoms with Crippen LogP contribution in [0.4, 0.5) is 13.2 Å². The van der Waals surface area contributed by atoms with Crippen molar-refractivity contribution in [1.82, 2.24) is 4.90 Å². The van der Waals surface area contributed by atoms with Crippen LogP contribution in [0.1, 0.15) is 19.4 Å². The Morgan fingerprint density at radius 3 is 2.19 bits per heavy atom. The Balaban J connectivity index is 2.90. The Morgan fingerprint density at radius 1 is 1.29 bits per heavy atom. The van der Waals surface area contributed by atoms with Crippen LogP contribution in [0.2, 0.25) is 0 Å². The third-order valence-electron chi connectivity index (χ3n) is 3.23. The van der Waals surface area contributed by atoms with Gasteiger partial charge in [0, 0.05) is 13.1 Å². The van der Waals surface area contributed by atoms with Crippen molar-refractivity contribution in [2.24, 2.45) is 5.73 Å². The molecule has 0 saturated heterocycles. The average molecular weight is 304 g/mol. The zero-order valence-corrected chi connectivity index (χ0v) is 12.2. The van der Waals surface area contributed by atoms with Crippen LogP contribution in [0.25, 0.3) is 0 Å². The van der Waals surface area contributed by atoms with Crippen LogP contribution in [-0.2, 0) is 11.3 Å². The molecule has 1 amide bonds. The number of methoxy groups -OCH3 is 1. The molecule has 1 atom stereocenters. The van der Waals surface area contributed by atoms with Gasteiger partial charge in [-0.3, -0.25) is 4.79 Å². The Kier molecular flexibility index (Phi) is 5.22. The van der Waals surface area contributed by atoms with Crippen LogP contribution in [0, 0.1) is 0 Å². The number of alkyl halides is 3. The van der Waals surface area contributed by atoms with Gasteiger partial charge in [-0.05, 0) is 31.5 Å². The second kappa shape index (κ2) is 6.34. The molecule has 0 aromatic heterocycles. The number of rotatable bonds is 5. The summed E-state index contributed by atoms with van der Waals surface area (Å²) < 4.78 is 43.5. The zero-order valence-electron chi connectivity index (χ0n) is 12.2. The first-order valence-corrected chi connectivity index (χ1v) is 6.41. The third kappa shape index (κ3) is 3.87. The first-order valence-electron chi connectivity index (χ1n) is 6.41. The molecule has 1 unspecified atom stereocenters. The number of hydrogen-bond acceptors (Lipinski definition) is 3. The van der Waals surface area contributed by atoms with Gasteiger partial charge in [-0.2, -0.15) is 13.2 Å². The molecule has 21 heavy (non-hydrogen) atoms. The van der Waals surface area contributed by atoms with Crippen molar-refractivity contribution in [3.05, 3.63) is 29.8 Å². The summed E-state index contributed by atoms with van der Waals surface area (Å²) in [5, 5.41) is 0. The summed E-state index contributed by atoms with van der Waals surface area (Å²) >= 11 is 0. The minimum atomic E-state index is -4.79. The summed E-state index contributed by atoms with van der Waals surface area (Å²) in [4.78, 5) is 13.1. The van der Waals surface area contributed by atoms with E-state index in [1.165, 1.54) is 7.11 Å². The number of ether oxygens (including phenoxy) is 1. The summed E-state index contributed by atoms with van der Waals surface area (Å²) in [6.07, 6.45) is -4.79. The van der Waals surface area contributed by atoms with Crippen LogP contribution >= 0.6 is 0 Å². The smallest absolute Gasteiger partial charge is 0.415 e. The van der Waals surface area contributed by atoms with E-state index in [1.54, 1.807) is 31.2 Å². The molecular weight excluding hydrogens is 285 g/mol. The maximum Gasteiger partial charge on any atom is 0.415 e. The summed E-state index contributed by atoms with van der Waals surface area (Å²) in [6, 6.07) is 6.74. The Bertz CT molecular complexity index is 484. The molecule has 2 N–H and O–H groups in total. The highest BCUT2D eigenvalue weighted by Crippen LogP contribution is 2.30. The van der Waals surface area contributed by atoms with E-state index in [0.29, 0.717) is 18.2 Å². The molecule has 4 nitrogen and oxygen atoms in total.